The molecule has 1 aromatic rings. The van der Waals surface area contributed by atoms with Gasteiger partial charge in [-0.3, -0.25) is 4.79 Å². The lowest BCUT2D eigenvalue weighted by Gasteiger charge is -2.08. The molecule has 0 spiro atoms. The van der Waals surface area contributed by atoms with Crippen LogP contribution in [0.15, 0.2) is 18.2 Å². The Balaban J connectivity index is 2.12. The lowest BCUT2D eigenvalue weighted by atomic mass is 10.1. The van der Waals surface area contributed by atoms with Gasteiger partial charge in [0.2, 0.25) is 0 Å². The number of halogens is 1. The number of benzene rings is 1. The Bertz CT molecular complexity index is 443. The maximum atomic E-state index is 11.8. The van der Waals surface area contributed by atoms with Crippen molar-refractivity contribution in [2.24, 2.45) is 5.41 Å². The van der Waals surface area contributed by atoms with E-state index in [0.29, 0.717) is 10.6 Å². The highest BCUT2D eigenvalue weighted by molar-refractivity contribution is 6.33. The number of hydrogen-bond donors (Lipinski definition) is 2. The van der Waals surface area contributed by atoms with E-state index >= 15 is 0 Å². The van der Waals surface area contributed by atoms with Crippen molar-refractivity contribution in [2.45, 2.75) is 26.3 Å². The second kappa shape index (κ2) is 3.67. The molecule has 2 rings (SSSR count). The Morgan fingerprint density at radius 1 is 1.56 bits per heavy atom. The molecule has 0 aromatic heterocycles. The van der Waals surface area contributed by atoms with Crippen LogP contribution in [0.4, 0.5) is 0 Å². The fraction of sp³-hybridized carbons (Fsp3) is 0.417. The van der Waals surface area contributed by atoms with Crippen LogP contribution < -0.4 is 5.32 Å². The normalized spacial score (nSPS) is 21.6. The molecule has 16 heavy (non-hydrogen) atoms. The van der Waals surface area contributed by atoms with Crippen LogP contribution in [0.25, 0.3) is 0 Å². The van der Waals surface area contributed by atoms with Gasteiger partial charge in [0.05, 0.1) is 10.6 Å². The van der Waals surface area contributed by atoms with E-state index in [1.165, 1.54) is 18.2 Å². The van der Waals surface area contributed by atoms with E-state index in [1.54, 1.807) is 0 Å². The molecule has 0 heterocycles. The van der Waals surface area contributed by atoms with Gasteiger partial charge in [-0.05, 0) is 30.0 Å². The summed E-state index contributed by atoms with van der Waals surface area (Å²) in [7, 11) is 0. The van der Waals surface area contributed by atoms with Crippen molar-refractivity contribution in [1.29, 1.82) is 0 Å². The van der Waals surface area contributed by atoms with Crippen LogP contribution in [-0.4, -0.2) is 17.1 Å². The van der Waals surface area contributed by atoms with E-state index in [4.69, 9.17) is 11.6 Å². The fourth-order valence-electron chi connectivity index (χ4n) is 1.64. The molecule has 2 N–H and O–H groups in total. The zero-order valence-electron chi connectivity index (χ0n) is 9.25. The highest BCUT2D eigenvalue weighted by atomic mass is 35.5. The number of nitrogens with one attached hydrogen (secondary N) is 1. The standard InChI is InChI=1S/C12H14ClNO2/c1-12(2)6-10(12)14-11(16)8-5-7(15)3-4-9(8)13/h3-5,10,15H,6H2,1-2H3,(H,14,16). The van der Waals surface area contributed by atoms with E-state index in [1.807, 2.05) is 0 Å². The lowest BCUT2D eigenvalue weighted by Crippen LogP contribution is -2.28. The van der Waals surface area contributed by atoms with Gasteiger partial charge < -0.3 is 10.4 Å². The van der Waals surface area contributed by atoms with Gasteiger partial charge in [0, 0.05) is 6.04 Å². The third kappa shape index (κ3) is 2.14. The van der Waals surface area contributed by atoms with Crippen molar-refractivity contribution in [1.82, 2.24) is 5.32 Å². The topological polar surface area (TPSA) is 49.3 Å². The Morgan fingerprint density at radius 3 is 2.75 bits per heavy atom. The SMILES string of the molecule is CC1(C)CC1NC(=O)c1cc(O)ccc1Cl. The molecule has 1 unspecified atom stereocenters. The van der Waals surface area contributed by atoms with Gasteiger partial charge >= 0.3 is 0 Å². The average molecular weight is 240 g/mol. The highest BCUT2D eigenvalue weighted by Crippen LogP contribution is 2.44. The minimum Gasteiger partial charge on any atom is -0.508 e. The van der Waals surface area contributed by atoms with Crippen molar-refractivity contribution in [3.8, 4) is 5.75 Å². The molecule has 86 valence electrons. The van der Waals surface area contributed by atoms with E-state index in [-0.39, 0.29) is 23.1 Å². The lowest BCUT2D eigenvalue weighted by molar-refractivity contribution is 0.0946. The second-order valence-electron chi connectivity index (χ2n) is 4.88. The molecular weight excluding hydrogens is 226 g/mol. The molecule has 1 aromatic carbocycles. The first-order chi connectivity index (χ1) is 7.40. The third-order valence-electron chi connectivity index (χ3n) is 3.01. The Hall–Kier alpha value is -1.22. The van der Waals surface area contributed by atoms with Crippen LogP contribution in [-0.2, 0) is 0 Å². The molecule has 0 radical (unpaired) electrons. The zero-order chi connectivity index (χ0) is 11.9. The van der Waals surface area contributed by atoms with Crippen molar-refractivity contribution in [3.63, 3.8) is 0 Å². The van der Waals surface area contributed by atoms with Crippen LogP contribution in [0.2, 0.25) is 5.02 Å². The van der Waals surface area contributed by atoms with Crippen molar-refractivity contribution >= 4 is 17.5 Å². The maximum Gasteiger partial charge on any atom is 0.253 e. The van der Waals surface area contributed by atoms with E-state index in [2.05, 4.69) is 19.2 Å². The summed E-state index contributed by atoms with van der Waals surface area (Å²) in [6.07, 6.45) is 0.981. The molecule has 0 aliphatic heterocycles. The number of rotatable bonds is 2. The molecule has 0 saturated heterocycles. The van der Waals surface area contributed by atoms with Crippen LogP contribution >= 0.6 is 11.6 Å². The van der Waals surface area contributed by atoms with Crippen LogP contribution in [0.5, 0.6) is 5.75 Å². The number of carbonyl (C=O) groups excluding carboxylic acids is 1. The summed E-state index contributed by atoms with van der Waals surface area (Å²) in [4.78, 5) is 11.8. The molecule has 1 aliphatic rings. The van der Waals surface area contributed by atoms with Gasteiger partial charge in [-0.25, -0.2) is 0 Å². The van der Waals surface area contributed by atoms with E-state index in [9.17, 15) is 9.90 Å². The minimum atomic E-state index is -0.225. The summed E-state index contributed by atoms with van der Waals surface area (Å²) in [6.45, 7) is 4.20. The minimum absolute atomic E-state index is 0.0459. The van der Waals surface area contributed by atoms with Gasteiger partial charge in [0.25, 0.3) is 5.91 Å². The number of hydrogen-bond acceptors (Lipinski definition) is 2. The number of phenols is 1. The molecule has 1 aliphatic carbocycles. The largest absolute Gasteiger partial charge is 0.508 e. The molecular formula is C12H14ClNO2. The summed E-state index contributed by atoms with van der Waals surface area (Å²) in [6, 6.07) is 4.57. The third-order valence-corrected chi connectivity index (χ3v) is 3.34. The van der Waals surface area contributed by atoms with Crippen molar-refractivity contribution in [3.05, 3.63) is 28.8 Å². The summed E-state index contributed by atoms with van der Waals surface area (Å²) in [5.74, 6) is -0.180. The number of carbonyl (C=O) groups is 1. The predicted octanol–water partition coefficient (Wildman–Crippen LogP) is 2.57. The summed E-state index contributed by atoms with van der Waals surface area (Å²) in [5.41, 5.74) is 0.503. The quantitative estimate of drug-likeness (QED) is 0.834. The molecule has 1 atom stereocenters. The smallest absolute Gasteiger partial charge is 0.253 e. The van der Waals surface area contributed by atoms with Gasteiger partial charge in [0.1, 0.15) is 5.75 Å². The molecule has 1 saturated carbocycles. The number of amides is 1. The predicted molar refractivity (Wildman–Crippen MR) is 62.8 cm³/mol. The average Bonchev–Trinajstić information content (AvgIpc) is 2.77. The first kappa shape index (κ1) is 11.3. The summed E-state index contributed by atoms with van der Waals surface area (Å²) in [5, 5.41) is 12.5. The molecule has 4 heteroatoms. The Kier molecular flexibility index (Phi) is 2.58. The van der Waals surface area contributed by atoms with Gasteiger partial charge in [0.15, 0.2) is 0 Å². The monoisotopic (exact) mass is 239 g/mol. The van der Waals surface area contributed by atoms with Crippen LogP contribution in [0, 0.1) is 5.41 Å². The summed E-state index contributed by atoms with van der Waals surface area (Å²) < 4.78 is 0. The van der Waals surface area contributed by atoms with Crippen LogP contribution in [0.3, 0.4) is 0 Å². The van der Waals surface area contributed by atoms with Crippen LogP contribution in [0.1, 0.15) is 30.6 Å². The summed E-state index contributed by atoms with van der Waals surface area (Å²) >= 11 is 5.89. The van der Waals surface area contributed by atoms with Gasteiger partial charge in [-0.15, -0.1) is 0 Å². The Morgan fingerprint density at radius 2 is 2.19 bits per heavy atom. The molecule has 1 fully saturated rings. The zero-order valence-corrected chi connectivity index (χ0v) is 10.0. The first-order valence-corrected chi connectivity index (χ1v) is 5.57. The van der Waals surface area contributed by atoms with Gasteiger partial charge in [-0.2, -0.15) is 0 Å². The van der Waals surface area contributed by atoms with Crippen molar-refractivity contribution in [2.75, 3.05) is 0 Å². The van der Waals surface area contributed by atoms with E-state index < -0.39 is 0 Å². The number of phenolic OH excluding ortho intramolecular Hbond substituents is 1. The van der Waals surface area contributed by atoms with Gasteiger partial charge in [-0.1, -0.05) is 25.4 Å². The fourth-order valence-corrected chi connectivity index (χ4v) is 1.84. The first-order valence-electron chi connectivity index (χ1n) is 5.19. The maximum absolute atomic E-state index is 11.8. The molecule has 3 nitrogen and oxygen atoms in total. The van der Waals surface area contributed by atoms with Crippen molar-refractivity contribution < 1.29 is 9.90 Å². The molecule has 0 bridgehead atoms. The second-order valence-corrected chi connectivity index (χ2v) is 5.29. The van der Waals surface area contributed by atoms with E-state index in [0.717, 1.165) is 6.42 Å². The molecule has 1 amide bonds. The number of aromatic hydroxyl groups is 1. The Labute approximate surface area is 99.4 Å². The highest BCUT2D eigenvalue weighted by Gasteiger charge is 2.46.